The molecule has 0 bridgehead atoms. The summed E-state index contributed by atoms with van der Waals surface area (Å²) in [5.41, 5.74) is 9.70. The average Bonchev–Trinajstić information content (AvgIpc) is 3.38. The third-order valence-electron chi connectivity index (χ3n) is 5.58. The first-order valence-corrected chi connectivity index (χ1v) is 11.6. The second-order valence-corrected chi connectivity index (χ2v) is 9.21. The molecule has 8 nitrogen and oxygen atoms in total. The number of alkyl halides is 3. The van der Waals surface area contributed by atoms with Crippen molar-refractivity contribution in [3.63, 3.8) is 0 Å². The Kier molecular flexibility index (Phi) is 5.83. The number of carbonyl (C=O) groups is 1. The van der Waals surface area contributed by atoms with E-state index in [9.17, 15) is 23.1 Å². The Labute approximate surface area is 211 Å². The number of aromatic nitrogens is 3. The lowest BCUT2D eigenvalue weighted by molar-refractivity contribution is -0.672. The predicted molar refractivity (Wildman–Crippen MR) is 127 cm³/mol. The number of thiophene rings is 1. The molecule has 0 radical (unpaired) electrons. The van der Waals surface area contributed by atoms with E-state index in [2.05, 4.69) is 10.0 Å². The molecule has 0 aliphatic heterocycles. The molecule has 5 rings (SSSR count). The predicted octanol–water partition coefficient (Wildman–Crippen LogP) is 4.63. The average molecular weight is 526 g/mol. The van der Waals surface area contributed by atoms with Gasteiger partial charge in [0.25, 0.3) is 5.78 Å². The summed E-state index contributed by atoms with van der Waals surface area (Å²) in [5, 5.41) is 16.6. The van der Waals surface area contributed by atoms with Crippen LogP contribution in [0.5, 0.6) is 11.7 Å². The van der Waals surface area contributed by atoms with E-state index in [1.54, 1.807) is 0 Å². The summed E-state index contributed by atoms with van der Waals surface area (Å²) in [6.07, 6.45) is -4.86. The summed E-state index contributed by atoms with van der Waals surface area (Å²) >= 11 is 1.02. The molecule has 2 N–H and O–H groups in total. The molecule has 0 amide bonds. The molecule has 188 valence electrons. The van der Waals surface area contributed by atoms with Crippen molar-refractivity contribution in [1.29, 1.82) is 0 Å². The lowest BCUT2D eigenvalue weighted by Crippen LogP contribution is -2.39. The quantitative estimate of drug-likeness (QED) is 0.262. The zero-order valence-electron chi connectivity index (χ0n) is 19.3. The first-order chi connectivity index (χ1) is 17.5. The number of benzene rings is 2. The van der Waals surface area contributed by atoms with E-state index < -0.39 is 29.5 Å². The third-order valence-corrected chi connectivity index (χ3v) is 6.70. The molecule has 5 aromatic rings. The van der Waals surface area contributed by atoms with E-state index in [4.69, 9.17) is 15.2 Å². The fourth-order valence-electron chi connectivity index (χ4n) is 3.82. The molecule has 12 heteroatoms. The second-order valence-electron chi connectivity index (χ2n) is 8.21. The van der Waals surface area contributed by atoms with Crippen LogP contribution in [0.2, 0.25) is 0 Å². The molecule has 0 fully saturated rings. The lowest BCUT2D eigenvalue weighted by Gasteiger charge is -2.07. The zero-order chi connectivity index (χ0) is 26.5. The molecule has 0 aliphatic rings. The van der Waals surface area contributed by atoms with Crippen molar-refractivity contribution in [3.8, 4) is 28.6 Å². The number of rotatable bonds is 5. The number of carbonyl (C=O) groups excluding carboxylic acids is 1. The largest absolute Gasteiger partial charge is 0.573 e. The van der Waals surface area contributed by atoms with Crippen molar-refractivity contribution >= 4 is 33.0 Å². The molecule has 3 heterocycles. The summed E-state index contributed by atoms with van der Waals surface area (Å²) in [6.45, 7) is 3.87. The Hall–Kier alpha value is -4.45. The minimum atomic E-state index is -4.86. The number of pyridine rings is 1. The van der Waals surface area contributed by atoms with Crippen LogP contribution in [-0.4, -0.2) is 22.4 Å². The Morgan fingerprint density at radius 3 is 2.43 bits per heavy atom. The Balaban J connectivity index is 1.54. The number of nitrogens with zero attached hydrogens (tertiary/aromatic N) is 3. The van der Waals surface area contributed by atoms with Crippen LogP contribution >= 0.6 is 11.3 Å². The Bertz CT molecular complexity index is 1640. The van der Waals surface area contributed by atoms with E-state index in [-0.39, 0.29) is 16.3 Å². The van der Waals surface area contributed by atoms with Gasteiger partial charge in [0.15, 0.2) is 5.95 Å². The molecular weight excluding hydrogens is 509 g/mol. The van der Waals surface area contributed by atoms with Crippen LogP contribution in [0.15, 0.2) is 59.1 Å². The Morgan fingerprint density at radius 2 is 1.78 bits per heavy atom. The van der Waals surface area contributed by atoms with Crippen molar-refractivity contribution in [2.45, 2.75) is 20.2 Å². The molecule has 0 saturated heterocycles. The number of hydrogen-bond donors (Lipinski definition) is 1. The van der Waals surface area contributed by atoms with E-state index in [1.807, 2.05) is 44.2 Å². The number of hydrogen-bond acceptors (Lipinski definition) is 8. The molecule has 37 heavy (non-hydrogen) atoms. The molecule has 0 aliphatic carbocycles. The summed E-state index contributed by atoms with van der Waals surface area (Å²) in [5.74, 6) is -2.26. The van der Waals surface area contributed by atoms with Crippen molar-refractivity contribution < 1.29 is 37.0 Å². The molecule has 0 saturated carbocycles. The number of anilines is 1. The van der Waals surface area contributed by atoms with Crippen LogP contribution in [0.25, 0.3) is 27.2 Å². The van der Waals surface area contributed by atoms with Gasteiger partial charge < -0.3 is 20.1 Å². The highest BCUT2D eigenvalue weighted by atomic mass is 32.1. The number of nitrogen functional groups attached to an aromatic ring is 1. The van der Waals surface area contributed by atoms with E-state index in [0.717, 1.165) is 50.5 Å². The van der Waals surface area contributed by atoms with Crippen molar-refractivity contribution in [2.24, 2.45) is 0 Å². The van der Waals surface area contributed by atoms with Gasteiger partial charge in [0.1, 0.15) is 15.5 Å². The lowest BCUT2D eigenvalue weighted by atomic mass is 10.0. The smallest absolute Gasteiger partial charge is 0.539 e. The minimum absolute atomic E-state index is 0.0639. The van der Waals surface area contributed by atoms with Gasteiger partial charge in [-0.3, -0.25) is 4.79 Å². The zero-order valence-corrected chi connectivity index (χ0v) is 20.1. The van der Waals surface area contributed by atoms with Gasteiger partial charge in [0.05, 0.1) is 16.7 Å². The topological polar surface area (TPSA) is 118 Å². The fraction of sp³-hybridized carbons (Fsp3) is 0.120. The van der Waals surface area contributed by atoms with Gasteiger partial charge in [-0.1, -0.05) is 29.8 Å². The van der Waals surface area contributed by atoms with Gasteiger partial charge in [0, 0.05) is 23.1 Å². The number of halogens is 3. The number of ketones is 1. The highest BCUT2D eigenvalue weighted by molar-refractivity contribution is 7.21. The van der Waals surface area contributed by atoms with Crippen LogP contribution in [0, 0.1) is 13.8 Å². The number of aryl methyl sites for hydroxylation is 2. The first kappa shape index (κ1) is 24.3. The minimum Gasteiger partial charge on any atom is -0.539 e. The second kappa shape index (κ2) is 8.89. The molecule has 0 spiro atoms. The van der Waals surface area contributed by atoms with Gasteiger partial charge in [-0.05, 0) is 42.3 Å². The SMILES string of the molecule is Cc1ccc(-c2nc3sc(C(=O)c4c([O-])on[n+]4-c4ccc(OC(F)(F)F)cc4)c(N)c3cc2C)cc1. The van der Waals surface area contributed by atoms with E-state index in [1.165, 1.54) is 12.1 Å². The van der Waals surface area contributed by atoms with Gasteiger partial charge in [-0.15, -0.1) is 24.5 Å². The summed E-state index contributed by atoms with van der Waals surface area (Å²) < 4.78 is 46.8. The van der Waals surface area contributed by atoms with Crippen molar-refractivity contribution in [1.82, 2.24) is 10.3 Å². The molecule has 2 aromatic carbocycles. The van der Waals surface area contributed by atoms with Gasteiger partial charge in [0.2, 0.25) is 5.69 Å². The summed E-state index contributed by atoms with van der Waals surface area (Å²) in [6, 6.07) is 14.1. The summed E-state index contributed by atoms with van der Waals surface area (Å²) in [4.78, 5) is 18.7. The molecule has 3 aromatic heterocycles. The van der Waals surface area contributed by atoms with Crippen molar-refractivity contribution in [3.05, 3.63) is 76.3 Å². The summed E-state index contributed by atoms with van der Waals surface area (Å²) in [7, 11) is 0. The highest BCUT2D eigenvalue weighted by Crippen LogP contribution is 2.37. The van der Waals surface area contributed by atoms with E-state index >= 15 is 0 Å². The first-order valence-electron chi connectivity index (χ1n) is 10.8. The third kappa shape index (κ3) is 4.58. The highest BCUT2D eigenvalue weighted by Gasteiger charge is 2.33. The molecule has 0 unspecified atom stereocenters. The maximum atomic E-state index is 13.5. The number of nitrogens with two attached hydrogens (primary N) is 1. The standard InChI is InChI=1S/C25H17F3N4O4S/c1-12-3-5-14(6-4-12)19-13(2)11-17-18(29)22(37-23(17)30-19)21(33)20-24(34)36-31-32(20)15-7-9-16(10-8-15)35-25(26,27)28/h3-11H,1-2H3,(H2-,29,31,33,34). The van der Waals surface area contributed by atoms with Gasteiger partial charge in [-0.25, -0.2) is 4.98 Å². The van der Waals surface area contributed by atoms with Crippen LogP contribution in [-0.2, 0) is 0 Å². The van der Waals surface area contributed by atoms with Crippen molar-refractivity contribution in [2.75, 3.05) is 5.73 Å². The van der Waals surface area contributed by atoms with Crippen LogP contribution in [0.4, 0.5) is 18.9 Å². The normalized spacial score (nSPS) is 11.7. The monoisotopic (exact) mass is 526 g/mol. The maximum Gasteiger partial charge on any atom is 0.573 e. The van der Waals surface area contributed by atoms with Gasteiger partial charge >= 0.3 is 12.1 Å². The van der Waals surface area contributed by atoms with Crippen LogP contribution in [0.3, 0.4) is 0 Å². The van der Waals surface area contributed by atoms with Crippen LogP contribution in [0.1, 0.15) is 26.5 Å². The fourth-order valence-corrected chi connectivity index (χ4v) is 4.84. The van der Waals surface area contributed by atoms with Crippen LogP contribution < -0.4 is 20.3 Å². The number of fused-ring (bicyclic) bond motifs is 1. The van der Waals surface area contributed by atoms with Gasteiger partial charge in [-0.2, -0.15) is 0 Å². The molecule has 0 atom stereocenters. The Morgan fingerprint density at radius 1 is 1.11 bits per heavy atom. The number of ether oxygens (including phenoxy) is 1. The maximum absolute atomic E-state index is 13.5. The molecular formula is C25H17F3N4O4S. The van der Waals surface area contributed by atoms with E-state index in [0.29, 0.717) is 10.2 Å².